The van der Waals surface area contributed by atoms with Crippen LogP contribution in [0.3, 0.4) is 0 Å². The largest absolute Gasteiger partial charge is 0.464 e. The Labute approximate surface area is 249 Å². The molecule has 1 aromatic heterocycles. The average Bonchev–Trinajstić information content (AvgIpc) is 2.96. The molecule has 41 heavy (non-hydrogen) atoms. The van der Waals surface area contributed by atoms with Crippen molar-refractivity contribution in [1.29, 1.82) is 0 Å². The zero-order valence-electron chi connectivity index (χ0n) is 23.0. The Balaban J connectivity index is 1.94. The molecular formula is C31H32Cl2N2O6. The van der Waals surface area contributed by atoms with Gasteiger partial charge in [-0.3, -0.25) is 14.6 Å². The number of hydrogen-bond acceptors (Lipinski definition) is 7. The predicted octanol–water partition coefficient (Wildman–Crippen LogP) is 6.43. The van der Waals surface area contributed by atoms with Crippen LogP contribution >= 0.6 is 23.2 Å². The van der Waals surface area contributed by atoms with Crippen LogP contribution in [0.25, 0.3) is 0 Å². The molecule has 4 rings (SSSR count). The van der Waals surface area contributed by atoms with Gasteiger partial charge in [0.15, 0.2) is 12.2 Å². The van der Waals surface area contributed by atoms with Gasteiger partial charge in [-0.2, -0.15) is 0 Å². The third kappa shape index (κ3) is 7.07. The summed E-state index contributed by atoms with van der Waals surface area (Å²) in [5.41, 5.74) is 1.95. The number of esters is 2. The summed E-state index contributed by atoms with van der Waals surface area (Å²) in [6.07, 6.45) is 0.892. The van der Waals surface area contributed by atoms with Crippen LogP contribution in [0.15, 0.2) is 73.1 Å². The van der Waals surface area contributed by atoms with Crippen molar-refractivity contribution in [1.82, 2.24) is 9.88 Å². The minimum atomic E-state index is -1.28. The number of rotatable bonds is 10. The number of halogens is 2. The van der Waals surface area contributed by atoms with Crippen LogP contribution in [0, 0.1) is 0 Å². The molecule has 2 aromatic carbocycles. The second kappa shape index (κ2) is 13.9. The number of amides is 1. The maximum atomic E-state index is 14.6. The number of pyridine rings is 1. The van der Waals surface area contributed by atoms with Gasteiger partial charge in [0.05, 0.1) is 12.6 Å². The van der Waals surface area contributed by atoms with Crippen LogP contribution in [0.2, 0.25) is 10.0 Å². The summed E-state index contributed by atoms with van der Waals surface area (Å²) >= 11 is 12.4. The second-order valence-electron chi connectivity index (χ2n) is 9.64. The van der Waals surface area contributed by atoms with E-state index in [-0.39, 0.29) is 6.61 Å². The number of nitrogens with zero attached hydrogens (tertiary/aromatic N) is 2. The molecule has 1 amide bonds. The fourth-order valence-electron chi connectivity index (χ4n) is 5.10. The molecule has 1 unspecified atom stereocenters. The van der Waals surface area contributed by atoms with Crippen LogP contribution in [-0.4, -0.2) is 46.5 Å². The van der Waals surface area contributed by atoms with Crippen molar-refractivity contribution in [2.24, 2.45) is 0 Å². The van der Waals surface area contributed by atoms with Gasteiger partial charge in [-0.1, -0.05) is 60.8 Å². The first kappa shape index (κ1) is 30.5. The first-order chi connectivity index (χ1) is 19.7. The van der Waals surface area contributed by atoms with E-state index in [1.165, 1.54) is 11.8 Å². The SMILES string of the molecule is CCC[C@H](C(=O)OCC)N1C(=O)C([C@H](OC(C)=O)c2ccncc2)O[C@@H](c2ccc(Cl)cc2)[C@H]1c1ccc(Cl)cc1. The van der Waals surface area contributed by atoms with E-state index >= 15 is 0 Å². The molecule has 0 N–H and O–H groups in total. The summed E-state index contributed by atoms with van der Waals surface area (Å²) in [4.78, 5) is 45.9. The molecule has 0 bridgehead atoms. The maximum Gasteiger partial charge on any atom is 0.328 e. The number of carbonyl (C=O) groups is 3. The van der Waals surface area contributed by atoms with Crippen molar-refractivity contribution in [2.45, 2.75) is 64.0 Å². The highest BCUT2D eigenvalue weighted by Crippen LogP contribution is 2.46. The molecule has 8 nitrogen and oxygen atoms in total. The van der Waals surface area contributed by atoms with Gasteiger partial charge in [-0.05, 0) is 66.4 Å². The van der Waals surface area contributed by atoms with Crippen molar-refractivity contribution in [3.05, 3.63) is 99.8 Å². The lowest BCUT2D eigenvalue weighted by atomic mass is 9.88. The van der Waals surface area contributed by atoms with E-state index in [2.05, 4.69) is 4.98 Å². The highest BCUT2D eigenvalue weighted by atomic mass is 35.5. The van der Waals surface area contributed by atoms with Crippen LogP contribution in [0.4, 0.5) is 0 Å². The van der Waals surface area contributed by atoms with Crippen molar-refractivity contribution in [3.8, 4) is 0 Å². The monoisotopic (exact) mass is 598 g/mol. The van der Waals surface area contributed by atoms with Crippen LogP contribution < -0.4 is 0 Å². The van der Waals surface area contributed by atoms with Gasteiger partial charge in [0.1, 0.15) is 12.1 Å². The molecule has 3 aromatic rings. The van der Waals surface area contributed by atoms with Gasteiger partial charge in [-0.25, -0.2) is 4.79 Å². The Bertz CT molecular complexity index is 1340. The van der Waals surface area contributed by atoms with Gasteiger partial charge in [0.25, 0.3) is 5.91 Å². The van der Waals surface area contributed by atoms with E-state index in [0.717, 1.165) is 0 Å². The molecule has 5 atom stereocenters. The van der Waals surface area contributed by atoms with Crippen LogP contribution in [-0.2, 0) is 28.6 Å². The van der Waals surface area contributed by atoms with E-state index in [4.69, 9.17) is 37.4 Å². The number of carbonyl (C=O) groups excluding carboxylic acids is 3. The Hall–Kier alpha value is -3.46. The molecule has 1 saturated heterocycles. The molecule has 0 spiro atoms. The highest BCUT2D eigenvalue weighted by molar-refractivity contribution is 6.30. The Morgan fingerprint density at radius 2 is 1.54 bits per heavy atom. The summed E-state index contributed by atoms with van der Waals surface area (Å²) < 4.78 is 17.8. The standard InChI is InChI=1S/C31H32Cl2N2O6/c1-4-6-25(31(38)39-5-2)35-26(20-7-11-23(32)12-8-20)27(21-9-13-24(33)14-10-21)41-29(30(35)37)28(40-19(3)36)22-15-17-34-18-16-22/h7-18,25-29H,4-6H2,1-3H3/t25-,26-,27+,28-,29?/m1/s1. The Morgan fingerprint density at radius 3 is 2.07 bits per heavy atom. The lowest BCUT2D eigenvalue weighted by Crippen LogP contribution is -2.58. The quantitative estimate of drug-likeness (QED) is 0.248. The fraction of sp³-hybridized carbons (Fsp3) is 0.355. The lowest BCUT2D eigenvalue weighted by molar-refractivity contribution is -0.203. The molecule has 2 heterocycles. The molecule has 0 saturated carbocycles. The first-order valence-electron chi connectivity index (χ1n) is 13.5. The molecular weight excluding hydrogens is 567 g/mol. The number of hydrogen-bond donors (Lipinski definition) is 0. The lowest BCUT2D eigenvalue weighted by Gasteiger charge is -2.48. The average molecular weight is 600 g/mol. The maximum absolute atomic E-state index is 14.6. The molecule has 10 heteroatoms. The van der Waals surface area contributed by atoms with E-state index in [1.54, 1.807) is 67.8 Å². The summed E-state index contributed by atoms with van der Waals surface area (Å²) in [7, 11) is 0. The fourth-order valence-corrected chi connectivity index (χ4v) is 5.35. The molecule has 216 valence electrons. The number of ether oxygens (including phenoxy) is 3. The summed E-state index contributed by atoms with van der Waals surface area (Å²) in [6, 6.07) is 15.8. The van der Waals surface area contributed by atoms with Gasteiger partial charge in [0.2, 0.25) is 0 Å². The van der Waals surface area contributed by atoms with Crippen molar-refractivity contribution >= 4 is 41.0 Å². The van der Waals surface area contributed by atoms with Crippen LogP contribution in [0.5, 0.6) is 0 Å². The third-order valence-corrected chi connectivity index (χ3v) is 7.35. The number of benzene rings is 2. The smallest absolute Gasteiger partial charge is 0.328 e. The zero-order chi connectivity index (χ0) is 29.5. The normalized spacial score (nSPS) is 20.3. The minimum Gasteiger partial charge on any atom is -0.464 e. The van der Waals surface area contributed by atoms with Crippen molar-refractivity contribution < 1.29 is 28.6 Å². The number of morpholine rings is 1. The molecule has 0 aliphatic carbocycles. The van der Waals surface area contributed by atoms with E-state index in [1.807, 2.05) is 19.1 Å². The van der Waals surface area contributed by atoms with Crippen molar-refractivity contribution in [3.63, 3.8) is 0 Å². The predicted molar refractivity (Wildman–Crippen MR) is 154 cm³/mol. The van der Waals surface area contributed by atoms with E-state index in [9.17, 15) is 14.4 Å². The summed E-state index contributed by atoms with van der Waals surface area (Å²) in [5, 5.41) is 1.05. The van der Waals surface area contributed by atoms with Gasteiger partial charge >= 0.3 is 11.9 Å². The highest BCUT2D eigenvalue weighted by Gasteiger charge is 2.52. The first-order valence-corrected chi connectivity index (χ1v) is 14.2. The summed E-state index contributed by atoms with van der Waals surface area (Å²) in [5.74, 6) is -1.62. The van der Waals surface area contributed by atoms with Crippen LogP contribution in [0.1, 0.15) is 68.6 Å². The van der Waals surface area contributed by atoms with E-state index in [0.29, 0.717) is 39.6 Å². The third-order valence-electron chi connectivity index (χ3n) is 6.85. The van der Waals surface area contributed by atoms with Gasteiger partial charge in [-0.15, -0.1) is 0 Å². The van der Waals surface area contributed by atoms with Gasteiger partial charge in [0, 0.05) is 29.4 Å². The number of aromatic nitrogens is 1. The molecule has 0 radical (unpaired) electrons. The molecule has 1 aliphatic rings. The Morgan fingerprint density at radius 1 is 0.951 bits per heavy atom. The van der Waals surface area contributed by atoms with Gasteiger partial charge < -0.3 is 19.1 Å². The Kier molecular flexibility index (Phi) is 10.4. The second-order valence-corrected chi connectivity index (χ2v) is 10.5. The minimum absolute atomic E-state index is 0.153. The molecule has 1 aliphatic heterocycles. The zero-order valence-corrected chi connectivity index (χ0v) is 24.5. The molecule has 1 fully saturated rings. The van der Waals surface area contributed by atoms with E-state index < -0.39 is 48.2 Å². The topological polar surface area (TPSA) is 95.0 Å². The van der Waals surface area contributed by atoms with Crippen molar-refractivity contribution in [2.75, 3.05) is 6.61 Å². The summed E-state index contributed by atoms with van der Waals surface area (Å²) in [6.45, 7) is 5.07.